The van der Waals surface area contributed by atoms with Gasteiger partial charge in [0.05, 0.1) is 17.9 Å². The molecule has 0 saturated carbocycles. The SMILES string of the molecule is CC(C)Cc1ccc(C(=O)CCC(=O)NC(C)c2ncc(-c3ccccc3)[nH]2)cc1. The van der Waals surface area contributed by atoms with Crippen molar-refractivity contribution in [1.82, 2.24) is 15.3 Å². The van der Waals surface area contributed by atoms with Crippen molar-refractivity contribution in [2.75, 3.05) is 0 Å². The number of nitrogens with one attached hydrogen (secondary N) is 2. The van der Waals surface area contributed by atoms with Crippen molar-refractivity contribution in [2.24, 2.45) is 5.92 Å². The first kappa shape index (κ1) is 21.5. The summed E-state index contributed by atoms with van der Waals surface area (Å²) in [6.45, 7) is 6.22. The molecule has 1 atom stereocenters. The van der Waals surface area contributed by atoms with E-state index in [0.29, 0.717) is 17.3 Å². The molecule has 1 heterocycles. The first-order valence-corrected chi connectivity index (χ1v) is 10.4. The summed E-state index contributed by atoms with van der Waals surface area (Å²) in [7, 11) is 0. The van der Waals surface area contributed by atoms with Crippen LogP contribution in [0.4, 0.5) is 0 Å². The van der Waals surface area contributed by atoms with Crippen LogP contribution in [0.1, 0.15) is 61.4 Å². The van der Waals surface area contributed by atoms with Crippen molar-refractivity contribution in [3.8, 4) is 11.3 Å². The Kier molecular flexibility index (Phi) is 7.17. The Hall–Kier alpha value is -3.21. The molecule has 2 N–H and O–H groups in total. The number of nitrogens with zero attached hydrogens (tertiary/aromatic N) is 1. The largest absolute Gasteiger partial charge is 0.346 e. The molecule has 156 valence electrons. The third-order valence-corrected chi connectivity index (χ3v) is 4.97. The maximum Gasteiger partial charge on any atom is 0.221 e. The number of hydrogen-bond acceptors (Lipinski definition) is 3. The van der Waals surface area contributed by atoms with E-state index in [9.17, 15) is 9.59 Å². The Morgan fingerprint density at radius 2 is 1.67 bits per heavy atom. The lowest BCUT2D eigenvalue weighted by atomic mass is 9.99. The van der Waals surface area contributed by atoms with Gasteiger partial charge in [0.25, 0.3) is 0 Å². The summed E-state index contributed by atoms with van der Waals surface area (Å²) >= 11 is 0. The predicted molar refractivity (Wildman–Crippen MR) is 119 cm³/mol. The highest BCUT2D eigenvalue weighted by Gasteiger charge is 2.15. The topological polar surface area (TPSA) is 74.8 Å². The van der Waals surface area contributed by atoms with Gasteiger partial charge in [-0.1, -0.05) is 68.4 Å². The molecule has 5 nitrogen and oxygen atoms in total. The Bertz CT molecular complexity index is 975. The average molecular weight is 404 g/mol. The Morgan fingerprint density at radius 1 is 0.967 bits per heavy atom. The summed E-state index contributed by atoms with van der Waals surface area (Å²) in [6.07, 6.45) is 3.10. The summed E-state index contributed by atoms with van der Waals surface area (Å²) in [5.41, 5.74) is 3.82. The van der Waals surface area contributed by atoms with Crippen LogP contribution in [0.15, 0.2) is 60.8 Å². The van der Waals surface area contributed by atoms with Gasteiger partial charge in [0.1, 0.15) is 5.82 Å². The first-order chi connectivity index (χ1) is 14.4. The monoisotopic (exact) mass is 403 g/mol. The number of carbonyl (C=O) groups excluding carboxylic acids is 2. The maximum absolute atomic E-state index is 12.4. The van der Waals surface area contributed by atoms with Gasteiger partial charge in [0.2, 0.25) is 5.91 Å². The average Bonchev–Trinajstić information content (AvgIpc) is 3.23. The van der Waals surface area contributed by atoms with Gasteiger partial charge in [0.15, 0.2) is 5.78 Å². The third-order valence-electron chi connectivity index (χ3n) is 4.97. The Morgan fingerprint density at radius 3 is 2.33 bits per heavy atom. The summed E-state index contributed by atoms with van der Waals surface area (Å²) < 4.78 is 0. The molecule has 0 fully saturated rings. The predicted octanol–water partition coefficient (Wildman–Crippen LogP) is 5.12. The van der Waals surface area contributed by atoms with E-state index in [0.717, 1.165) is 17.7 Å². The molecular formula is C25H29N3O2. The summed E-state index contributed by atoms with van der Waals surface area (Å²) in [5.74, 6) is 1.09. The molecule has 3 aromatic rings. The lowest BCUT2D eigenvalue weighted by Crippen LogP contribution is -2.27. The van der Waals surface area contributed by atoms with Gasteiger partial charge in [-0.3, -0.25) is 9.59 Å². The lowest BCUT2D eigenvalue weighted by molar-refractivity contribution is -0.121. The number of benzene rings is 2. The number of aromatic nitrogens is 2. The second kappa shape index (κ2) is 10.0. The molecule has 0 radical (unpaired) electrons. The fourth-order valence-electron chi connectivity index (χ4n) is 3.37. The number of H-pyrrole nitrogens is 1. The number of rotatable bonds is 9. The van der Waals surface area contributed by atoms with E-state index in [1.807, 2.05) is 61.5 Å². The fourth-order valence-corrected chi connectivity index (χ4v) is 3.37. The highest BCUT2D eigenvalue weighted by molar-refractivity contribution is 5.98. The van der Waals surface area contributed by atoms with Crippen molar-refractivity contribution < 1.29 is 9.59 Å². The quantitative estimate of drug-likeness (QED) is 0.487. The van der Waals surface area contributed by atoms with E-state index in [4.69, 9.17) is 0 Å². The fraction of sp³-hybridized carbons (Fsp3) is 0.320. The maximum atomic E-state index is 12.4. The van der Waals surface area contributed by atoms with Crippen LogP contribution >= 0.6 is 0 Å². The number of hydrogen-bond donors (Lipinski definition) is 2. The summed E-state index contributed by atoms with van der Waals surface area (Å²) in [4.78, 5) is 32.3. The first-order valence-electron chi connectivity index (χ1n) is 10.4. The van der Waals surface area contributed by atoms with Crippen LogP contribution in [-0.4, -0.2) is 21.7 Å². The number of imidazole rings is 1. The third kappa shape index (κ3) is 5.89. The number of Topliss-reactive ketones (excluding diaryl/α,β-unsaturated/α-hetero) is 1. The second-order valence-electron chi connectivity index (χ2n) is 8.06. The second-order valence-corrected chi connectivity index (χ2v) is 8.06. The standard InChI is InChI=1S/C25H29N3O2/c1-17(2)15-19-9-11-21(12-10-19)23(29)13-14-24(30)27-18(3)25-26-16-22(28-25)20-7-5-4-6-8-20/h4-12,16-18H,13-15H2,1-3H3,(H,26,28)(H,27,30). The van der Waals surface area contributed by atoms with Crippen molar-refractivity contribution in [2.45, 2.75) is 46.1 Å². The van der Waals surface area contributed by atoms with Crippen LogP contribution in [0.5, 0.6) is 0 Å². The van der Waals surface area contributed by atoms with Gasteiger partial charge in [-0.2, -0.15) is 0 Å². The Balaban J connectivity index is 1.49. The molecule has 5 heteroatoms. The molecule has 3 rings (SSSR count). The van der Waals surface area contributed by atoms with Crippen LogP contribution < -0.4 is 5.32 Å². The van der Waals surface area contributed by atoms with E-state index >= 15 is 0 Å². The molecule has 30 heavy (non-hydrogen) atoms. The van der Waals surface area contributed by atoms with Crippen LogP contribution in [0, 0.1) is 5.92 Å². The van der Waals surface area contributed by atoms with Crippen molar-refractivity contribution in [3.05, 3.63) is 77.7 Å². The van der Waals surface area contributed by atoms with Crippen LogP contribution in [0.2, 0.25) is 0 Å². The van der Waals surface area contributed by atoms with Crippen LogP contribution in [-0.2, 0) is 11.2 Å². The van der Waals surface area contributed by atoms with Gasteiger partial charge in [-0.15, -0.1) is 0 Å². The van der Waals surface area contributed by atoms with Gasteiger partial charge >= 0.3 is 0 Å². The zero-order chi connectivity index (χ0) is 21.5. The summed E-state index contributed by atoms with van der Waals surface area (Å²) in [6, 6.07) is 17.3. The van der Waals surface area contributed by atoms with E-state index in [1.54, 1.807) is 6.20 Å². The smallest absolute Gasteiger partial charge is 0.221 e. The molecular weight excluding hydrogens is 374 g/mol. The molecule has 0 aliphatic heterocycles. The zero-order valence-electron chi connectivity index (χ0n) is 17.8. The minimum absolute atomic E-state index is 0.0155. The van der Waals surface area contributed by atoms with E-state index in [-0.39, 0.29) is 30.6 Å². The number of amides is 1. The number of aromatic amines is 1. The van der Waals surface area contributed by atoms with Crippen LogP contribution in [0.3, 0.4) is 0 Å². The number of carbonyl (C=O) groups is 2. The highest BCUT2D eigenvalue weighted by atomic mass is 16.2. The van der Waals surface area contributed by atoms with Crippen molar-refractivity contribution in [3.63, 3.8) is 0 Å². The molecule has 0 bridgehead atoms. The zero-order valence-corrected chi connectivity index (χ0v) is 17.8. The molecule has 1 amide bonds. The molecule has 1 aromatic heterocycles. The van der Waals surface area contributed by atoms with Gasteiger partial charge in [-0.25, -0.2) is 4.98 Å². The minimum atomic E-state index is -0.264. The number of ketones is 1. The van der Waals surface area contributed by atoms with Crippen LogP contribution in [0.25, 0.3) is 11.3 Å². The van der Waals surface area contributed by atoms with Gasteiger partial charge in [0, 0.05) is 18.4 Å². The molecule has 0 saturated heterocycles. The molecule has 2 aromatic carbocycles. The van der Waals surface area contributed by atoms with Crippen molar-refractivity contribution in [1.29, 1.82) is 0 Å². The van der Waals surface area contributed by atoms with E-state index < -0.39 is 0 Å². The van der Waals surface area contributed by atoms with E-state index in [1.165, 1.54) is 5.56 Å². The van der Waals surface area contributed by atoms with Gasteiger partial charge < -0.3 is 10.3 Å². The Labute approximate surface area is 177 Å². The molecule has 0 aliphatic carbocycles. The highest BCUT2D eigenvalue weighted by Crippen LogP contribution is 2.19. The molecule has 0 aliphatic rings. The molecule has 0 spiro atoms. The molecule has 1 unspecified atom stereocenters. The summed E-state index contributed by atoms with van der Waals surface area (Å²) in [5, 5.41) is 2.91. The van der Waals surface area contributed by atoms with E-state index in [2.05, 4.69) is 29.1 Å². The lowest BCUT2D eigenvalue weighted by Gasteiger charge is -2.11. The normalized spacial score (nSPS) is 12.0. The van der Waals surface area contributed by atoms with Gasteiger partial charge in [-0.05, 0) is 30.4 Å². The van der Waals surface area contributed by atoms with Crippen molar-refractivity contribution >= 4 is 11.7 Å². The minimum Gasteiger partial charge on any atom is -0.346 e.